The lowest BCUT2D eigenvalue weighted by atomic mass is 9.89. The van der Waals surface area contributed by atoms with E-state index in [0.29, 0.717) is 0 Å². The van der Waals surface area contributed by atoms with Crippen molar-refractivity contribution >= 4 is 0 Å². The van der Waals surface area contributed by atoms with Crippen LogP contribution >= 0.6 is 0 Å². The molecule has 1 saturated carbocycles. The molecule has 0 atom stereocenters. The summed E-state index contributed by atoms with van der Waals surface area (Å²) in [6.07, 6.45) is 11.3. The van der Waals surface area contributed by atoms with Crippen molar-refractivity contribution in [3.63, 3.8) is 0 Å². The van der Waals surface area contributed by atoms with Crippen molar-refractivity contribution in [2.75, 3.05) is 0 Å². The molecule has 1 aliphatic carbocycles. The van der Waals surface area contributed by atoms with Gasteiger partial charge >= 0.3 is 0 Å². The molecular formula is C10H16. The van der Waals surface area contributed by atoms with E-state index in [1.54, 1.807) is 0 Å². The first kappa shape index (κ1) is 7.63. The van der Waals surface area contributed by atoms with Crippen LogP contribution in [-0.4, -0.2) is 0 Å². The highest BCUT2D eigenvalue weighted by Gasteiger charge is 2.08. The summed E-state index contributed by atoms with van der Waals surface area (Å²) in [5, 5.41) is 0. The summed E-state index contributed by atoms with van der Waals surface area (Å²) in [6.45, 7) is 2.03. The minimum absolute atomic E-state index is 0.838. The van der Waals surface area contributed by atoms with Gasteiger partial charge in [0, 0.05) is 0 Å². The average molecular weight is 136 g/mol. The van der Waals surface area contributed by atoms with Gasteiger partial charge in [-0.3, -0.25) is 0 Å². The third-order valence-corrected chi connectivity index (χ3v) is 2.15. The molecule has 0 aromatic rings. The summed E-state index contributed by atoms with van der Waals surface area (Å²) >= 11 is 0. The van der Waals surface area contributed by atoms with Crippen LogP contribution in [0.4, 0.5) is 0 Å². The van der Waals surface area contributed by atoms with Gasteiger partial charge in [0.2, 0.25) is 0 Å². The molecule has 0 amide bonds. The predicted octanol–water partition coefficient (Wildman–Crippen LogP) is 3.30. The second-order valence-electron chi connectivity index (χ2n) is 3.02. The van der Waals surface area contributed by atoms with Crippen LogP contribution in [0.25, 0.3) is 0 Å². The van der Waals surface area contributed by atoms with E-state index in [1.165, 1.54) is 32.1 Å². The number of rotatable bonds is 1. The van der Waals surface area contributed by atoms with Crippen LogP contribution in [0.2, 0.25) is 0 Å². The van der Waals surface area contributed by atoms with Gasteiger partial charge in [0.25, 0.3) is 0 Å². The zero-order valence-electron chi connectivity index (χ0n) is 6.77. The van der Waals surface area contributed by atoms with Crippen molar-refractivity contribution in [3.8, 4) is 0 Å². The first-order valence-corrected chi connectivity index (χ1v) is 4.30. The third kappa shape index (κ3) is 2.41. The highest BCUT2D eigenvalue weighted by molar-refractivity contribution is 4.89. The largest absolute Gasteiger partial charge is 0.130 e. The topological polar surface area (TPSA) is 0 Å². The van der Waals surface area contributed by atoms with Crippen molar-refractivity contribution < 1.29 is 0 Å². The van der Waals surface area contributed by atoms with E-state index < -0.39 is 0 Å². The summed E-state index contributed by atoms with van der Waals surface area (Å²) in [7, 11) is 0. The minimum Gasteiger partial charge on any atom is -0.130 e. The smallest absolute Gasteiger partial charge is 0.0158 e. The van der Waals surface area contributed by atoms with Gasteiger partial charge in [0.15, 0.2) is 0 Å². The Morgan fingerprint density at radius 1 is 1.20 bits per heavy atom. The molecule has 0 aromatic heterocycles. The molecule has 0 nitrogen and oxygen atoms in total. The van der Waals surface area contributed by atoms with Crippen LogP contribution in [0.5, 0.6) is 0 Å². The normalized spacial score (nSPS) is 19.7. The molecule has 1 rings (SSSR count). The molecule has 0 heterocycles. The Labute approximate surface area is 63.6 Å². The Morgan fingerprint density at radius 2 is 1.90 bits per heavy atom. The zero-order valence-corrected chi connectivity index (χ0v) is 6.77. The highest BCUT2D eigenvalue weighted by atomic mass is 14.1. The maximum Gasteiger partial charge on any atom is -0.0158 e. The minimum atomic E-state index is 0.838. The van der Waals surface area contributed by atoms with Gasteiger partial charge in [-0.15, -0.1) is 5.73 Å². The molecule has 0 N–H and O–H groups in total. The second-order valence-corrected chi connectivity index (χ2v) is 3.02. The van der Waals surface area contributed by atoms with Crippen LogP contribution in [0.15, 0.2) is 17.9 Å². The molecule has 0 unspecified atom stereocenters. The maximum absolute atomic E-state index is 3.17. The third-order valence-electron chi connectivity index (χ3n) is 2.15. The summed E-state index contributed by atoms with van der Waals surface area (Å²) in [5.74, 6) is 0.838. The Balaban J connectivity index is 2.32. The summed E-state index contributed by atoms with van der Waals surface area (Å²) in [6, 6.07) is 0. The van der Waals surface area contributed by atoms with Crippen LogP contribution in [0, 0.1) is 5.92 Å². The molecule has 1 fully saturated rings. The van der Waals surface area contributed by atoms with E-state index in [9.17, 15) is 0 Å². The second kappa shape index (κ2) is 4.35. The summed E-state index contributed by atoms with van der Waals surface area (Å²) < 4.78 is 0. The number of hydrogen-bond donors (Lipinski definition) is 0. The van der Waals surface area contributed by atoms with Crippen molar-refractivity contribution in [2.24, 2.45) is 5.92 Å². The molecule has 0 aromatic carbocycles. The average Bonchev–Trinajstić information content (AvgIpc) is 2.03. The van der Waals surface area contributed by atoms with Crippen molar-refractivity contribution in [2.45, 2.75) is 39.0 Å². The maximum atomic E-state index is 3.17. The quantitative estimate of drug-likeness (QED) is 0.485. The fourth-order valence-electron chi connectivity index (χ4n) is 1.53. The van der Waals surface area contributed by atoms with Crippen LogP contribution < -0.4 is 0 Å². The van der Waals surface area contributed by atoms with Gasteiger partial charge in [-0.1, -0.05) is 19.3 Å². The Hall–Kier alpha value is -0.480. The summed E-state index contributed by atoms with van der Waals surface area (Å²) in [5.41, 5.74) is 3.17. The van der Waals surface area contributed by atoms with Gasteiger partial charge in [-0.05, 0) is 37.8 Å². The number of hydrogen-bond acceptors (Lipinski definition) is 0. The Morgan fingerprint density at radius 3 is 2.50 bits per heavy atom. The standard InChI is InChI=1S/C10H16/c1-2-3-7-10-8-5-4-6-9-10/h2,7,10H,4-6,8-9H2,1H3. The predicted molar refractivity (Wildman–Crippen MR) is 44.9 cm³/mol. The first-order chi connectivity index (χ1) is 4.93. The number of allylic oxidation sites excluding steroid dienone is 1. The van der Waals surface area contributed by atoms with E-state index in [4.69, 9.17) is 0 Å². The van der Waals surface area contributed by atoms with Crippen molar-refractivity contribution in [3.05, 3.63) is 17.9 Å². The molecular weight excluding hydrogens is 120 g/mol. The molecule has 1 aliphatic rings. The van der Waals surface area contributed by atoms with Crippen molar-refractivity contribution in [1.29, 1.82) is 0 Å². The SMILES string of the molecule is CC=C=CC1CCCCC1. The first-order valence-electron chi connectivity index (χ1n) is 4.30. The highest BCUT2D eigenvalue weighted by Crippen LogP contribution is 2.23. The monoisotopic (exact) mass is 136 g/mol. The van der Waals surface area contributed by atoms with Gasteiger partial charge in [0.05, 0.1) is 0 Å². The zero-order chi connectivity index (χ0) is 7.23. The Kier molecular flexibility index (Phi) is 3.32. The van der Waals surface area contributed by atoms with Crippen LogP contribution in [-0.2, 0) is 0 Å². The molecule has 0 bridgehead atoms. The molecule has 0 spiro atoms. The molecule has 10 heavy (non-hydrogen) atoms. The fraction of sp³-hybridized carbons (Fsp3) is 0.700. The van der Waals surface area contributed by atoms with E-state index in [0.717, 1.165) is 5.92 Å². The molecule has 0 heteroatoms. The van der Waals surface area contributed by atoms with Gasteiger partial charge in [-0.25, -0.2) is 0 Å². The molecule has 56 valence electrons. The molecule has 0 aliphatic heterocycles. The Bertz CT molecular complexity index is 132. The molecule has 0 radical (unpaired) electrons. The van der Waals surface area contributed by atoms with E-state index >= 15 is 0 Å². The van der Waals surface area contributed by atoms with Crippen molar-refractivity contribution in [1.82, 2.24) is 0 Å². The van der Waals surface area contributed by atoms with E-state index in [2.05, 4.69) is 11.8 Å². The lowest BCUT2D eigenvalue weighted by Crippen LogP contribution is -2.01. The van der Waals surface area contributed by atoms with Gasteiger partial charge < -0.3 is 0 Å². The molecule has 0 saturated heterocycles. The van der Waals surface area contributed by atoms with E-state index in [-0.39, 0.29) is 0 Å². The van der Waals surface area contributed by atoms with Crippen LogP contribution in [0.1, 0.15) is 39.0 Å². The van der Waals surface area contributed by atoms with Gasteiger partial charge in [-0.2, -0.15) is 0 Å². The fourth-order valence-corrected chi connectivity index (χ4v) is 1.53. The summed E-state index contributed by atoms with van der Waals surface area (Å²) in [4.78, 5) is 0. The van der Waals surface area contributed by atoms with Gasteiger partial charge in [0.1, 0.15) is 0 Å². The lowest BCUT2D eigenvalue weighted by Gasteiger charge is -2.16. The lowest BCUT2D eigenvalue weighted by molar-refractivity contribution is 0.420. The van der Waals surface area contributed by atoms with Crippen LogP contribution in [0.3, 0.4) is 0 Å². The van der Waals surface area contributed by atoms with E-state index in [1.807, 2.05) is 13.0 Å².